The molecule has 0 amide bonds. The first kappa shape index (κ1) is 10.1. The minimum absolute atomic E-state index is 0.185. The summed E-state index contributed by atoms with van der Waals surface area (Å²) in [4.78, 5) is 0. The van der Waals surface area contributed by atoms with Gasteiger partial charge in [0.15, 0.2) is 11.6 Å². The highest BCUT2D eigenvalue weighted by Gasteiger charge is 2.13. The van der Waals surface area contributed by atoms with Gasteiger partial charge in [-0.25, -0.2) is 8.78 Å². The Bertz CT molecular complexity index is 297. The summed E-state index contributed by atoms with van der Waals surface area (Å²) in [5, 5.41) is 9.22. The molecule has 0 aliphatic rings. The van der Waals surface area contributed by atoms with Crippen LogP contribution in [-0.2, 0) is 0 Å². The number of aliphatic hydroxyl groups is 1. The van der Waals surface area contributed by atoms with Gasteiger partial charge in [-0.3, -0.25) is 0 Å². The molecule has 1 rings (SSSR count). The van der Waals surface area contributed by atoms with E-state index in [1.807, 2.05) is 0 Å². The van der Waals surface area contributed by atoms with Crippen molar-refractivity contribution in [3.05, 3.63) is 35.4 Å². The predicted molar refractivity (Wildman–Crippen MR) is 46.5 cm³/mol. The molecule has 0 saturated heterocycles. The molecule has 72 valence electrons. The lowest BCUT2D eigenvalue weighted by Gasteiger charge is -2.14. The molecule has 0 saturated carbocycles. The lowest BCUT2D eigenvalue weighted by atomic mass is 9.96. The summed E-state index contributed by atoms with van der Waals surface area (Å²) in [6.45, 7) is 3.38. The van der Waals surface area contributed by atoms with Crippen molar-refractivity contribution >= 4 is 0 Å². The average Bonchev–Trinajstić information content (AvgIpc) is 2.08. The summed E-state index contributed by atoms with van der Waals surface area (Å²) in [5.74, 6) is -1.92. The molecule has 13 heavy (non-hydrogen) atoms. The Hall–Kier alpha value is -0.960. The van der Waals surface area contributed by atoms with Gasteiger partial charge in [-0.05, 0) is 24.6 Å². The van der Waals surface area contributed by atoms with Crippen LogP contribution in [0, 0.1) is 11.6 Å². The fourth-order valence-electron chi connectivity index (χ4n) is 1.07. The largest absolute Gasteiger partial charge is 0.393 e. The number of halogens is 2. The molecule has 0 spiro atoms. The Labute approximate surface area is 76.0 Å². The van der Waals surface area contributed by atoms with Gasteiger partial charge in [0.2, 0.25) is 0 Å². The quantitative estimate of drug-likeness (QED) is 0.752. The Morgan fingerprint density at radius 3 is 2.23 bits per heavy atom. The molecule has 0 aromatic heterocycles. The van der Waals surface area contributed by atoms with Gasteiger partial charge in [0.05, 0.1) is 6.10 Å². The third-order valence-electron chi connectivity index (χ3n) is 2.19. The second-order valence-electron chi connectivity index (χ2n) is 3.20. The third kappa shape index (κ3) is 2.25. The molecule has 0 fully saturated rings. The van der Waals surface area contributed by atoms with Gasteiger partial charge < -0.3 is 5.11 Å². The maximum atomic E-state index is 12.7. The molecule has 2 atom stereocenters. The molecule has 1 aromatic carbocycles. The molecular weight excluding hydrogens is 174 g/mol. The van der Waals surface area contributed by atoms with E-state index in [-0.39, 0.29) is 5.92 Å². The summed E-state index contributed by atoms with van der Waals surface area (Å²) < 4.78 is 25.3. The summed E-state index contributed by atoms with van der Waals surface area (Å²) in [6, 6.07) is 3.67. The summed E-state index contributed by atoms with van der Waals surface area (Å²) in [7, 11) is 0. The van der Waals surface area contributed by atoms with Gasteiger partial charge in [0.25, 0.3) is 0 Å². The van der Waals surface area contributed by atoms with Crippen molar-refractivity contribution in [2.24, 2.45) is 0 Å². The molecule has 0 heterocycles. The van der Waals surface area contributed by atoms with Gasteiger partial charge in [0, 0.05) is 5.92 Å². The molecular formula is C10H12F2O. The first-order valence-electron chi connectivity index (χ1n) is 4.15. The number of rotatable bonds is 2. The van der Waals surface area contributed by atoms with E-state index in [9.17, 15) is 13.9 Å². The van der Waals surface area contributed by atoms with Gasteiger partial charge in [0.1, 0.15) is 0 Å². The van der Waals surface area contributed by atoms with Gasteiger partial charge in [-0.1, -0.05) is 13.0 Å². The Morgan fingerprint density at radius 1 is 1.15 bits per heavy atom. The van der Waals surface area contributed by atoms with Crippen LogP contribution in [0.5, 0.6) is 0 Å². The van der Waals surface area contributed by atoms with Gasteiger partial charge in [-0.15, -0.1) is 0 Å². The smallest absolute Gasteiger partial charge is 0.159 e. The van der Waals surface area contributed by atoms with E-state index in [0.29, 0.717) is 5.56 Å². The van der Waals surface area contributed by atoms with E-state index >= 15 is 0 Å². The van der Waals surface area contributed by atoms with E-state index in [1.165, 1.54) is 6.07 Å². The van der Waals surface area contributed by atoms with E-state index < -0.39 is 17.7 Å². The molecule has 0 aliphatic carbocycles. The summed E-state index contributed by atoms with van der Waals surface area (Å²) in [6.07, 6.45) is -0.565. The van der Waals surface area contributed by atoms with Crippen LogP contribution in [0.3, 0.4) is 0 Å². The average molecular weight is 186 g/mol. The van der Waals surface area contributed by atoms with Crippen LogP contribution in [0.1, 0.15) is 25.3 Å². The van der Waals surface area contributed by atoms with Crippen molar-refractivity contribution in [2.75, 3.05) is 0 Å². The summed E-state index contributed by atoms with van der Waals surface area (Å²) >= 11 is 0. The first-order valence-corrected chi connectivity index (χ1v) is 4.15. The highest BCUT2D eigenvalue weighted by molar-refractivity contribution is 5.21. The zero-order valence-corrected chi connectivity index (χ0v) is 7.59. The molecule has 2 unspecified atom stereocenters. The van der Waals surface area contributed by atoms with Gasteiger partial charge >= 0.3 is 0 Å². The Balaban J connectivity index is 2.97. The highest BCUT2D eigenvalue weighted by Crippen LogP contribution is 2.20. The second-order valence-corrected chi connectivity index (χ2v) is 3.20. The van der Waals surface area contributed by atoms with Crippen LogP contribution >= 0.6 is 0 Å². The van der Waals surface area contributed by atoms with Crippen LogP contribution < -0.4 is 0 Å². The zero-order chi connectivity index (χ0) is 10.0. The normalized spacial score (nSPS) is 15.5. The first-order chi connectivity index (χ1) is 6.02. The molecule has 3 heteroatoms. The molecule has 1 nitrogen and oxygen atoms in total. The molecule has 0 bridgehead atoms. The Morgan fingerprint density at radius 2 is 1.77 bits per heavy atom. The van der Waals surface area contributed by atoms with E-state index in [0.717, 1.165) is 12.1 Å². The van der Waals surface area contributed by atoms with E-state index in [2.05, 4.69) is 0 Å². The predicted octanol–water partition coefficient (Wildman–Crippen LogP) is 2.45. The van der Waals surface area contributed by atoms with Crippen molar-refractivity contribution in [3.63, 3.8) is 0 Å². The number of aliphatic hydroxyl groups excluding tert-OH is 1. The number of benzene rings is 1. The van der Waals surface area contributed by atoms with Crippen LogP contribution in [-0.4, -0.2) is 11.2 Å². The van der Waals surface area contributed by atoms with Crippen molar-refractivity contribution in [3.8, 4) is 0 Å². The molecule has 1 N–H and O–H groups in total. The van der Waals surface area contributed by atoms with Crippen molar-refractivity contribution in [1.82, 2.24) is 0 Å². The lowest BCUT2D eigenvalue weighted by molar-refractivity contribution is 0.169. The SMILES string of the molecule is CC(O)C(C)c1ccc(F)c(F)c1. The number of hydrogen-bond acceptors (Lipinski definition) is 1. The minimum atomic E-state index is -0.870. The molecule has 1 aromatic rings. The highest BCUT2D eigenvalue weighted by atomic mass is 19.2. The van der Waals surface area contributed by atoms with Crippen LogP contribution in [0.2, 0.25) is 0 Å². The van der Waals surface area contributed by atoms with E-state index in [1.54, 1.807) is 13.8 Å². The number of hydrogen-bond donors (Lipinski definition) is 1. The van der Waals surface area contributed by atoms with Crippen molar-refractivity contribution in [1.29, 1.82) is 0 Å². The fraction of sp³-hybridized carbons (Fsp3) is 0.400. The van der Waals surface area contributed by atoms with Crippen molar-refractivity contribution in [2.45, 2.75) is 25.9 Å². The van der Waals surface area contributed by atoms with Crippen LogP contribution in [0.25, 0.3) is 0 Å². The fourth-order valence-corrected chi connectivity index (χ4v) is 1.07. The molecule has 0 radical (unpaired) electrons. The van der Waals surface area contributed by atoms with E-state index in [4.69, 9.17) is 0 Å². The van der Waals surface area contributed by atoms with Crippen LogP contribution in [0.15, 0.2) is 18.2 Å². The van der Waals surface area contributed by atoms with Gasteiger partial charge in [-0.2, -0.15) is 0 Å². The molecule has 0 aliphatic heterocycles. The standard InChI is InChI=1S/C10H12F2O/c1-6(7(2)13)8-3-4-9(11)10(12)5-8/h3-7,13H,1-2H3. The minimum Gasteiger partial charge on any atom is -0.393 e. The maximum Gasteiger partial charge on any atom is 0.159 e. The van der Waals surface area contributed by atoms with Crippen LogP contribution in [0.4, 0.5) is 8.78 Å². The monoisotopic (exact) mass is 186 g/mol. The summed E-state index contributed by atoms with van der Waals surface area (Å²) in [5.41, 5.74) is 0.605. The lowest BCUT2D eigenvalue weighted by Crippen LogP contribution is -2.11. The topological polar surface area (TPSA) is 20.2 Å². The zero-order valence-electron chi connectivity index (χ0n) is 7.59. The Kier molecular flexibility index (Phi) is 2.98. The van der Waals surface area contributed by atoms with Crippen molar-refractivity contribution < 1.29 is 13.9 Å². The maximum absolute atomic E-state index is 12.7. The second kappa shape index (κ2) is 3.83. The third-order valence-corrected chi connectivity index (χ3v) is 2.19.